The molecular formula is C15H17ClN6O3S. The first-order valence-electron chi connectivity index (χ1n) is 7.35. The fraction of sp³-hybridized carbons (Fsp3) is 0.200. The van der Waals surface area contributed by atoms with Crippen LogP contribution in [0.4, 0.5) is 5.95 Å². The average Bonchev–Trinajstić information content (AvgIpc) is 2.52. The number of carbonyl (C=O) groups excluding carboxylic acids is 1. The molecule has 1 heterocycles. The van der Waals surface area contributed by atoms with Crippen LogP contribution in [0.2, 0.25) is 5.02 Å². The van der Waals surface area contributed by atoms with Crippen molar-refractivity contribution < 1.29 is 13.2 Å². The van der Waals surface area contributed by atoms with Crippen LogP contribution in [0.1, 0.15) is 18.3 Å². The summed E-state index contributed by atoms with van der Waals surface area (Å²) in [6.07, 6.45) is 0. The second-order valence-electron chi connectivity index (χ2n) is 5.29. The van der Waals surface area contributed by atoms with Crippen molar-refractivity contribution >= 4 is 39.4 Å². The lowest BCUT2D eigenvalue weighted by molar-refractivity contribution is -0.118. The van der Waals surface area contributed by atoms with Gasteiger partial charge in [-0.2, -0.15) is 4.31 Å². The highest BCUT2D eigenvalue weighted by atomic mass is 35.5. The van der Waals surface area contributed by atoms with Crippen LogP contribution in [0.25, 0.3) is 0 Å². The summed E-state index contributed by atoms with van der Waals surface area (Å²) >= 11 is 6.04. The summed E-state index contributed by atoms with van der Waals surface area (Å²) in [5.74, 6) is -1.27. The Bertz CT molecular complexity index is 957. The molecule has 0 fully saturated rings. The molecule has 3 N–H and O–H groups in total. The second kappa shape index (κ2) is 7.67. The van der Waals surface area contributed by atoms with E-state index in [9.17, 15) is 13.2 Å². The standard InChI is InChI=1S/C15H17ClN6O3S/c1-9-8-10(2)19-15(18-9)22(14(17)21-20-11(3)23)26(24,25)13-7-5-4-6-12(13)16/h4-8H,1-3H3,(H2,17,21)(H,20,23). The maximum Gasteiger partial charge on any atom is 0.274 e. The van der Waals surface area contributed by atoms with Gasteiger partial charge in [0.1, 0.15) is 4.90 Å². The monoisotopic (exact) mass is 396 g/mol. The Labute approximate surface area is 155 Å². The average molecular weight is 397 g/mol. The van der Waals surface area contributed by atoms with E-state index < -0.39 is 21.9 Å². The van der Waals surface area contributed by atoms with Crippen molar-refractivity contribution in [2.75, 3.05) is 4.31 Å². The molecular weight excluding hydrogens is 380 g/mol. The van der Waals surface area contributed by atoms with E-state index in [4.69, 9.17) is 17.3 Å². The highest BCUT2D eigenvalue weighted by Crippen LogP contribution is 2.26. The number of hydrogen-bond acceptors (Lipinski definition) is 6. The lowest BCUT2D eigenvalue weighted by Gasteiger charge is -2.22. The molecule has 0 unspecified atom stereocenters. The Morgan fingerprint density at radius 3 is 2.35 bits per heavy atom. The number of hydrazone groups is 1. The molecule has 0 spiro atoms. The largest absolute Gasteiger partial charge is 0.367 e. The number of rotatable bonds is 4. The molecule has 0 atom stereocenters. The lowest BCUT2D eigenvalue weighted by atomic mass is 10.4. The first-order chi connectivity index (χ1) is 12.1. The Morgan fingerprint density at radius 1 is 1.23 bits per heavy atom. The molecule has 26 heavy (non-hydrogen) atoms. The predicted molar refractivity (Wildman–Crippen MR) is 98.1 cm³/mol. The van der Waals surface area contributed by atoms with Crippen LogP contribution < -0.4 is 15.5 Å². The van der Waals surface area contributed by atoms with E-state index in [0.29, 0.717) is 15.7 Å². The highest BCUT2D eigenvalue weighted by Gasteiger charge is 2.32. The fourth-order valence-electron chi connectivity index (χ4n) is 2.06. The van der Waals surface area contributed by atoms with Gasteiger partial charge in [-0.3, -0.25) is 4.79 Å². The Morgan fingerprint density at radius 2 is 1.81 bits per heavy atom. The number of anilines is 1. The minimum atomic E-state index is -4.30. The Kier molecular flexibility index (Phi) is 5.78. The number of amides is 1. The van der Waals surface area contributed by atoms with E-state index in [2.05, 4.69) is 20.5 Å². The van der Waals surface area contributed by atoms with Crippen LogP contribution in [0.3, 0.4) is 0 Å². The van der Waals surface area contributed by atoms with E-state index in [1.54, 1.807) is 26.0 Å². The van der Waals surface area contributed by atoms with Crippen molar-refractivity contribution in [3.05, 3.63) is 46.7 Å². The summed E-state index contributed by atoms with van der Waals surface area (Å²) in [7, 11) is -4.30. The summed E-state index contributed by atoms with van der Waals surface area (Å²) in [5.41, 5.74) is 8.98. The third-order valence-corrected chi connectivity index (χ3v) is 5.23. The van der Waals surface area contributed by atoms with Gasteiger partial charge < -0.3 is 5.73 Å². The van der Waals surface area contributed by atoms with Crippen LogP contribution in [0.5, 0.6) is 0 Å². The van der Waals surface area contributed by atoms with Crippen LogP contribution in [0.15, 0.2) is 40.3 Å². The predicted octanol–water partition coefficient (Wildman–Crippen LogP) is 1.31. The van der Waals surface area contributed by atoms with E-state index in [0.717, 1.165) is 0 Å². The maximum absolute atomic E-state index is 13.2. The molecule has 0 bridgehead atoms. The molecule has 1 amide bonds. The third kappa shape index (κ3) is 4.27. The summed E-state index contributed by atoms with van der Waals surface area (Å²) in [6, 6.07) is 7.52. The molecule has 0 saturated heterocycles. The number of guanidine groups is 1. The molecule has 138 valence electrons. The van der Waals surface area contributed by atoms with Gasteiger partial charge in [-0.15, -0.1) is 5.10 Å². The molecule has 2 aromatic rings. The number of carbonyl (C=O) groups is 1. The van der Waals surface area contributed by atoms with Crippen molar-refractivity contribution in [2.45, 2.75) is 25.7 Å². The smallest absolute Gasteiger partial charge is 0.274 e. The number of nitrogens with one attached hydrogen (secondary N) is 1. The van der Waals surface area contributed by atoms with Gasteiger partial charge in [-0.05, 0) is 32.0 Å². The summed E-state index contributed by atoms with van der Waals surface area (Å²) < 4.78 is 26.9. The number of aryl methyl sites for hydroxylation is 2. The van der Waals surface area contributed by atoms with Crippen LogP contribution in [0, 0.1) is 13.8 Å². The van der Waals surface area contributed by atoms with Gasteiger partial charge in [0.15, 0.2) is 0 Å². The minimum Gasteiger partial charge on any atom is -0.367 e. The first-order valence-corrected chi connectivity index (χ1v) is 9.16. The summed E-state index contributed by atoms with van der Waals surface area (Å²) in [4.78, 5) is 19.1. The van der Waals surface area contributed by atoms with Crippen LogP contribution in [-0.4, -0.2) is 30.3 Å². The number of aromatic nitrogens is 2. The number of nitrogens with two attached hydrogens (primary N) is 1. The maximum atomic E-state index is 13.2. The zero-order chi connectivity index (χ0) is 19.5. The number of benzene rings is 1. The molecule has 0 aliphatic rings. The Balaban J connectivity index is 2.69. The number of sulfonamides is 1. The third-order valence-electron chi connectivity index (χ3n) is 3.04. The molecule has 0 aliphatic carbocycles. The highest BCUT2D eigenvalue weighted by molar-refractivity contribution is 7.93. The second-order valence-corrected chi connectivity index (χ2v) is 7.45. The zero-order valence-corrected chi connectivity index (χ0v) is 15.8. The van der Waals surface area contributed by atoms with Crippen molar-refractivity contribution in [2.24, 2.45) is 10.8 Å². The van der Waals surface area contributed by atoms with E-state index >= 15 is 0 Å². The number of hydrogen-bond donors (Lipinski definition) is 2. The molecule has 0 saturated carbocycles. The first kappa shape index (κ1) is 19.6. The number of halogens is 1. The van der Waals surface area contributed by atoms with E-state index in [1.807, 2.05) is 0 Å². The lowest BCUT2D eigenvalue weighted by Crippen LogP contribution is -2.44. The van der Waals surface area contributed by atoms with Gasteiger partial charge >= 0.3 is 0 Å². The molecule has 0 radical (unpaired) electrons. The summed E-state index contributed by atoms with van der Waals surface area (Å²) in [6.45, 7) is 4.57. The van der Waals surface area contributed by atoms with Crippen LogP contribution in [-0.2, 0) is 14.8 Å². The summed E-state index contributed by atoms with van der Waals surface area (Å²) in [5, 5.41) is 3.59. The molecule has 0 aliphatic heterocycles. The quantitative estimate of drug-likeness (QED) is 0.455. The van der Waals surface area contributed by atoms with E-state index in [-0.39, 0.29) is 15.9 Å². The van der Waals surface area contributed by atoms with Crippen LogP contribution >= 0.6 is 11.6 Å². The molecule has 2 rings (SSSR count). The zero-order valence-electron chi connectivity index (χ0n) is 14.3. The van der Waals surface area contributed by atoms with Crippen molar-refractivity contribution in [3.8, 4) is 0 Å². The van der Waals surface area contributed by atoms with Gasteiger partial charge in [0.25, 0.3) is 10.0 Å². The molecule has 9 nitrogen and oxygen atoms in total. The molecule has 1 aromatic carbocycles. The van der Waals surface area contributed by atoms with Gasteiger partial charge in [-0.25, -0.2) is 23.8 Å². The van der Waals surface area contributed by atoms with Crippen molar-refractivity contribution in [1.29, 1.82) is 0 Å². The SMILES string of the molecule is CC(=O)NN=C(N)N(c1nc(C)cc(C)n1)S(=O)(=O)c1ccccc1Cl. The van der Waals surface area contributed by atoms with Gasteiger partial charge in [0.2, 0.25) is 17.8 Å². The van der Waals surface area contributed by atoms with Gasteiger partial charge in [-0.1, -0.05) is 23.7 Å². The van der Waals surface area contributed by atoms with Gasteiger partial charge in [0.05, 0.1) is 5.02 Å². The normalized spacial score (nSPS) is 11.9. The minimum absolute atomic E-state index is 0.00537. The van der Waals surface area contributed by atoms with Crippen molar-refractivity contribution in [3.63, 3.8) is 0 Å². The Hall–Kier alpha value is -2.72. The van der Waals surface area contributed by atoms with Crippen molar-refractivity contribution in [1.82, 2.24) is 15.4 Å². The van der Waals surface area contributed by atoms with Gasteiger partial charge in [0, 0.05) is 18.3 Å². The topological polar surface area (TPSA) is 131 Å². The number of nitrogens with zero attached hydrogens (tertiary/aromatic N) is 4. The fourth-order valence-corrected chi connectivity index (χ4v) is 3.84. The molecule has 11 heteroatoms. The van der Waals surface area contributed by atoms with E-state index in [1.165, 1.54) is 25.1 Å². The molecule has 1 aromatic heterocycles.